The van der Waals surface area contributed by atoms with Crippen LogP contribution in [0, 0.1) is 11.3 Å². The Labute approximate surface area is 151 Å². The van der Waals surface area contributed by atoms with Gasteiger partial charge in [-0.2, -0.15) is 5.26 Å². The third-order valence-electron chi connectivity index (χ3n) is 3.59. The van der Waals surface area contributed by atoms with Crippen molar-refractivity contribution < 1.29 is 28.5 Å². The van der Waals surface area contributed by atoms with Crippen molar-refractivity contribution in [3.63, 3.8) is 0 Å². The molecule has 1 aromatic rings. The van der Waals surface area contributed by atoms with Crippen LogP contribution in [-0.4, -0.2) is 63.4 Å². The fraction of sp³-hybridized carbons (Fsp3) is 0.389. The number of ether oxygens (including phenoxy) is 4. The molecule has 1 fully saturated rings. The number of carbonyl (C=O) groups excluding carboxylic acids is 2. The molecular formula is C18H20N2O6. The van der Waals surface area contributed by atoms with Gasteiger partial charge in [0, 0.05) is 19.2 Å². The molecular weight excluding hydrogens is 340 g/mol. The number of morpholine rings is 1. The van der Waals surface area contributed by atoms with E-state index in [1.165, 1.54) is 19.3 Å². The summed E-state index contributed by atoms with van der Waals surface area (Å²) < 4.78 is 20.5. The van der Waals surface area contributed by atoms with Gasteiger partial charge in [-0.1, -0.05) is 6.07 Å². The van der Waals surface area contributed by atoms with Crippen LogP contribution in [-0.2, 0) is 19.1 Å². The Kier molecular flexibility index (Phi) is 7.46. The Balaban J connectivity index is 1.86. The van der Waals surface area contributed by atoms with E-state index in [1.54, 1.807) is 23.1 Å². The normalized spacial score (nSPS) is 13.9. The number of benzene rings is 1. The lowest BCUT2D eigenvalue weighted by molar-refractivity contribution is -0.150. The molecule has 0 aromatic heterocycles. The number of hydrogen-bond acceptors (Lipinski definition) is 7. The molecule has 1 aliphatic heterocycles. The first kappa shape index (κ1) is 19.3. The number of rotatable bonds is 7. The molecule has 1 aliphatic rings. The van der Waals surface area contributed by atoms with E-state index in [0.29, 0.717) is 43.4 Å². The van der Waals surface area contributed by atoms with E-state index in [1.807, 2.05) is 6.07 Å². The van der Waals surface area contributed by atoms with E-state index < -0.39 is 5.97 Å². The topological polar surface area (TPSA) is 98.1 Å². The zero-order valence-corrected chi connectivity index (χ0v) is 14.5. The van der Waals surface area contributed by atoms with Gasteiger partial charge < -0.3 is 23.8 Å². The molecule has 0 N–H and O–H groups in total. The molecule has 0 bridgehead atoms. The average molecular weight is 360 g/mol. The van der Waals surface area contributed by atoms with E-state index in [9.17, 15) is 9.59 Å². The molecule has 1 amide bonds. The van der Waals surface area contributed by atoms with Crippen LogP contribution in [0.1, 0.15) is 5.56 Å². The smallest absolute Gasteiger partial charge is 0.331 e. The molecule has 0 spiro atoms. The minimum atomic E-state index is -0.615. The zero-order valence-electron chi connectivity index (χ0n) is 14.5. The summed E-state index contributed by atoms with van der Waals surface area (Å²) in [5, 5.41) is 8.55. The van der Waals surface area contributed by atoms with E-state index in [2.05, 4.69) is 0 Å². The van der Waals surface area contributed by atoms with Crippen molar-refractivity contribution in [1.29, 1.82) is 5.26 Å². The Morgan fingerprint density at radius 2 is 2.08 bits per heavy atom. The van der Waals surface area contributed by atoms with Crippen LogP contribution in [0.4, 0.5) is 0 Å². The Morgan fingerprint density at radius 1 is 1.31 bits per heavy atom. The monoisotopic (exact) mass is 360 g/mol. The quantitative estimate of drug-likeness (QED) is 0.529. The summed E-state index contributed by atoms with van der Waals surface area (Å²) in [5.74, 6) is 0.0224. The van der Waals surface area contributed by atoms with Gasteiger partial charge in [0.2, 0.25) is 0 Å². The number of esters is 1. The van der Waals surface area contributed by atoms with Crippen LogP contribution in [0.15, 0.2) is 24.3 Å². The van der Waals surface area contributed by atoms with Gasteiger partial charge >= 0.3 is 5.97 Å². The highest BCUT2D eigenvalue weighted by Crippen LogP contribution is 2.28. The molecule has 0 atom stereocenters. The molecule has 0 saturated carbocycles. The lowest BCUT2D eigenvalue weighted by atomic mass is 10.2. The second-order valence-electron chi connectivity index (χ2n) is 5.29. The first-order valence-corrected chi connectivity index (χ1v) is 8.02. The molecule has 0 radical (unpaired) electrons. The summed E-state index contributed by atoms with van der Waals surface area (Å²) in [5.41, 5.74) is 0.683. The number of nitriles is 1. The lowest BCUT2D eigenvalue weighted by Crippen LogP contribution is -2.42. The van der Waals surface area contributed by atoms with E-state index in [0.717, 1.165) is 0 Å². The van der Waals surface area contributed by atoms with Crippen LogP contribution < -0.4 is 9.47 Å². The predicted octanol–water partition coefficient (Wildman–Crippen LogP) is 1.01. The summed E-state index contributed by atoms with van der Waals surface area (Å²) in [6.07, 6.45) is 2.77. The van der Waals surface area contributed by atoms with Gasteiger partial charge in [-0.3, -0.25) is 4.79 Å². The van der Waals surface area contributed by atoms with Gasteiger partial charge in [-0.05, 0) is 23.8 Å². The molecule has 1 heterocycles. The largest absolute Gasteiger partial charge is 0.493 e. The fourth-order valence-electron chi connectivity index (χ4n) is 2.27. The molecule has 1 aromatic carbocycles. The predicted molar refractivity (Wildman–Crippen MR) is 91.5 cm³/mol. The molecule has 8 nitrogen and oxygen atoms in total. The second kappa shape index (κ2) is 10.1. The highest BCUT2D eigenvalue weighted by molar-refractivity contribution is 5.89. The fourth-order valence-corrected chi connectivity index (χ4v) is 2.27. The average Bonchev–Trinajstić information content (AvgIpc) is 2.69. The first-order chi connectivity index (χ1) is 12.6. The first-order valence-electron chi connectivity index (χ1n) is 8.02. The highest BCUT2D eigenvalue weighted by Gasteiger charge is 2.17. The van der Waals surface area contributed by atoms with E-state index >= 15 is 0 Å². The molecule has 2 rings (SSSR count). The van der Waals surface area contributed by atoms with Crippen LogP contribution >= 0.6 is 0 Å². The van der Waals surface area contributed by atoms with Crippen LogP contribution in [0.3, 0.4) is 0 Å². The number of hydrogen-bond donors (Lipinski definition) is 0. The van der Waals surface area contributed by atoms with Gasteiger partial charge in [0.05, 0.1) is 20.3 Å². The molecule has 138 valence electrons. The number of amides is 1. The van der Waals surface area contributed by atoms with Crippen molar-refractivity contribution in [2.75, 3.05) is 46.6 Å². The van der Waals surface area contributed by atoms with Crippen molar-refractivity contribution >= 4 is 18.0 Å². The van der Waals surface area contributed by atoms with Crippen LogP contribution in [0.25, 0.3) is 6.08 Å². The minimum Gasteiger partial charge on any atom is -0.493 e. The molecule has 26 heavy (non-hydrogen) atoms. The van der Waals surface area contributed by atoms with Gasteiger partial charge in [-0.25, -0.2) is 4.79 Å². The maximum Gasteiger partial charge on any atom is 0.331 e. The summed E-state index contributed by atoms with van der Waals surface area (Å²) in [6, 6.07) is 6.89. The van der Waals surface area contributed by atoms with Crippen molar-refractivity contribution in [2.45, 2.75) is 0 Å². The number of carbonyl (C=O) groups is 2. The molecule has 1 saturated heterocycles. The van der Waals surface area contributed by atoms with Crippen molar-refractivity contribution in [1.82, 2.24) is 4.90 Å². The van der Waals surface area contributed by atoms with Gasteiger partial charge in [0.1, 0.15) is 6.07 Å². The highest BCUT2D eigenvalue weighted by atomic mass is 16.5. The number of nitrogens with zero attached hydrogens (tertiary/aromatic N) is 2. The SMILES string of the molecule is COc1cc(C=CC(=O)OCC(=O)N2CCOCC2)ccc1OCC#N. The zero-order chi connectivity index (χ0) is 18.8. The minimum absolute atomic E-state index is 0.0883. The van der Waals surface area contributed by atoms with Crippen molar-refractivity contribution in [3.05, 3.63) is 29.8 Å². The van der Waals surface area contributed by atoms with Crippen LogP contribution in [0.2, 0.25) is 0 Å². The molecule has 8 heteroatoms. The lowest BCUT2D eigenvalue weighted by Gasteiger charge is -2.26. The van der Waals surface area contributed by atoms with Crippen molar-refractivity contribution in [3.8, 4) is 17.6 Å². The summed E-state index contributed by atoms with van der Waals surface area (Å²) in [7, 11) is 1.48. The van der Waals surface area contributed by atoms with Gasteiger partial charge in [0.15, 0.2) is 24.7 Å². The Bertz CT molecular complexity index is 704. The van der Waals surface area contributed by atoms with E-state index in [4.69, 9.17) is 24.2 Å². The van der Waals surface area contributed by atoms with Gasteiger partial charge in [-0.15, -0.1) is 0 Å². The maximum absolute atomic E-state index is 11.9. The maximum atomic E-state index is 11.9. The Morgan fingerprint density at radius 3 is 2.77 bits per heavy atom. The summed E-state index contributed by atoms with van der Waals surface area (Å²) >= 11 is 0. The van der Waals surface area contributed by atoms with Gasteiger partial charge in [0.25, 0.3) is 5.91 Å². The van der Waals surface area contributed by atoms with E-state index in [-0.39, 0.29) is 19.1 Å². The van der Waals surface area contributed by atoms with Crippen molar-refractivity contribution in [2.24, 2.45) is 0 Å². The standard InChI is InChI=1S/C18H20N2O6/c1-23-16-12-14(2-4-15(16)25-9-6-19)3-5-18(22)26-13-17(21)20-7-10-24-11-8-20/h2-5,12H,7-11,13H2,1H3. The Hall–Kier alpha value is -3.05. The second-order valence-corrected chi connectivity index (χ2v) is 5.29. The summed E-state index contributed by atoms with van der Waals surface area (Å²) in [6.45, 7) is 1.62. The molecule has 0 aliphatic carbocycles. The number of methoxy groups -OCH3 is 1. The summed E-state index contributed by atoms with van der Waals surface area (Å²) in [4.78, 5) is 25.3. The third kappa shape index (κ3) is 5.79. The molecule has 0 unspecified atom stereocenters. The van der Waals surface area contributed by atoms with Crippen LogP contribution in [0.5, 0.6) is 11.5 Å². The third-order valence-corrected chi connectivity index (χ3v) is 3.59.